The third-order valence-corrected chi connectivity index (χ3v) is 7.91. The van der Waals surface area contributed by atoms with Gasteiger partial charge in [0.25, 0.3) is 0 Å². The first-order valence-electron chi connectivity index (χ1n) is 11.9. The van der Waals surface area contributed by atoms with Crippen LogP contribution in [0.1, 0.15) is 50.2 Å². The van der Waals surface area contributed by atoms with E-state index in [1.807, 2.05) is 31.2 Å². The lowest BCUT2D eigenvalue weighted by Gasteiger charge is -2.33. The molecule has 3 rings (SSSR count). The maximum absolute atomic E-state index is 13.6. The molecule has 0 aromatic heterocycles. The van der Waals surface area contributed by atoms with Crippen molar-refractivity contribution < 1.29 is 18.0 Å². The van der Waals surface area contributed by atoms with Gasteiger partial charge in [-0.15, -0.1) is 0 Å². The summed E-state index contributed by atoms with van der Waals surface area (Å²) in [5, 5.41) is 3.56. The molecule has 1 aliphatic carbocycles. The summed E-state index contributed by atoms with van der Waals surface area (Å²) in [7, 11) is -3.77. The predicted molar refractivity (Wildman–Crippen MR) is 140 cm³/mol. The summed E-state index contributed by atoms with van der Waals surface area (Å²) in [6, 6.07) is 13.3. The Labute approximate surface area is 213 Å². The Hall–Kier alpha value is -2.58. The molecule has 0 saturated heterocycles. The first-order valence-corrected chi connectivity index (χ1v) is 14.2. The van der Waals surface area contributed by atoms with Crippen LogP contribution in [0, 0.1) is 6.92 Å². The van der Waals surface area contributed by atoms with E-state index in [1.165, 1.54) is 11.3 Å². The monoisotopic (exact) mass is 519 g/mol. The SMILES string of the molecule is Cc1ccccc1CN(C(=O)CN(c1ccc(Cl)cc1)S(C)(=O)=O)C(C)C(=O)NC1CCCCC1. The van der Waals surface area contributed by atoms with Crippen LogP contribution in [0.3, 0.4) is 0 Å². The highest BCUT2D eigenvalue weighted by molar-refractivity contribution is 7.92. The second-order valence-electron chi connectivity index (χ2n) is 9.21. The molecular weight excluding hydrogens is 486 g/mol. The van der Waals surface area contributed by atoms with E-state index in [0.29, 0.717) is 10.7 Å². The quantitative estimate of drug-likeness (QED) is 0.535. The lowest BCUT2D eigenvalue weighted by molar-refractivity contribution is -0.139. The van der Waals surface area contributed by atoms with Crippen LogP contribution >= 0.6 is 11.6 Å². The molecule has 7 nitrogen and oxygen atoms in total. The number of nitrogens with one attached hydrogen (secondary N) is 1. The van der Waals surface area contributed by atoms with Crippen molar-refractivity contribution in [3.63, 3.8) is 0 Å². The summed E-state index contributed by atoms with van der Waals surface area (Å²) in [5.74, 6) is -0.684. The molecule has 1 unspecified atom stereocenters. The zero-order valence-electron chi connectivity index (χ0n) is 20.5. The number of benzene rings is 2. The van der Waals surface area contributed by atoms with E-state index < -0.39 is 28.5 Å². The molecule has 1 saturated carbocycles. The van der Waals surface area contributed by atoms with Gasteiger partial charge in [-0.25, -0.2) is 8.42 Å². The molecule has 0 radical (unpaired) electrons. The Balaban J connectivity index is 1.87. The average Bonchev–Trinajstić information content (AvgIpc) is 2.82. The van der Waals surface area contributed by atoms with Crippen molar-refractivity contribution in [2.45, 2.75) is 64.6 Å². The molecule has 9 heteroatoms. The highest BCUT2D eigenvalue weighted by Gasteiger charge is 2.31. The smallest absolute Gasteiger partial charge is 0.244 e. The molecule has 2 aromatic rings. The number of rotatable bonds is 9. The number of anilines is 1. The van der Waals surface area contributed by atoms with Gasteiger partial charge in [0.05, 0.1) is 11.9 Å². The highest BCUT2D eigenvalue weighted by atomic mass is 35.5. The van der Waals surface area contributed by atoms with E-state index in [2.05, 4.69) is 5.32 Å². The minimum atomic E-state index is -3.77. The van der Waals surface area contributed by atoms with Gasteiger partial charge in [-0.2, -0.15) is 0 Å². The van der Waals surface area contributed by atoms with Crippen LogP contribution in [-0.4, -0.2) is 50.0 Å². The fourth-order valence-corrected chi connectivity index (χ4v) is 5.32. The van der Waals surface area contributed by atoms with Crippen LogP contribution in [0.25, 0.3) is 0 Å². The maximum Gasteiger partial charge on any atom is 0.244 e. The number of carbonyl (C=O) groups excluding carboxylic acids is 2. The molecule has 2 aromatic carbocycles. The Kier molecular flexibility index (Phi) is 9.19. The van der Waals surface area contributed by atoms with Crippen molar-refractivity contribution in [3.8, 4) is 0 Å². The van der Waals surface area contributed by atoms with Gasteiger partial charge in [-0.1, -0.05) is 55.1 Å². The van der Waals surface area contributed by atoms with Crippen molar-refractivity contribution >= 4 is 39.1 Å². The molecule has 0 spiro atoms. The van der Waals surface area contributed by atoms with Gasteiger partial charge in [0.1, 0.15) is 12.6 Å². The molecule has 0 aliphatic heterocycles. The molecular formula is C26H34ClN3O4S. The molecule has 1 N–H and O–H groups in total. The summed E-state index contributed by atoms with van der Waals surface area (Å²) in [6.07, 6.45) is 6.25. The molecule has 2 amide bonds. The molecule has 190 valence electrons. The summed E-state index contributed by atoms with van der Waals surface area (Å²) in [6.45, 7) is 3.42. The molecule has 1 fully saturated rings. The summed E-state index contributed by atoms with van der Waals surface area (Å²) < 4.78 is 26.2. The number of sulfonamides is 1. The standard InChI is InChI=1S/C26H34ClN3O4S/c1-19-9-7-8-10-21(19)17-29(20(2)26(32)28-23-11-5-4-6-12-23)25(31)18-30(35(3,33)34)24-15-13-22(27)14-16-24/h7-10,13-16,20,23H,4-6,11-12,17-18H2,1-3H3,(H,28,32). The normalized spacial score (nSPS) is 15.3. The van der Waals surface area contributed by atoms with E-state index in [0.717, 1.165) is 47.4 Å². The van der Waals surface area contributed by atoms with Crippen molar-refractivity contribution in [1.29, 1.82) is 0 Å². The topological polar surface area (TPSA) is 86.8 Å². The number of amides is 2. The largest absolute Gasteiger partial charge is 0.352 e. The van der Waals surface area contributed by atoms with E-state index in [9.17, 15) is 18.0 Å². The van der Waals surface area contributed by atoms with Crippen molar-refractivity contribution in [2.75, 3.05) is 17.1 Å². The molecule has 1 aliphatic rings. The summed E-state index contributed by atoms with van der Waals surface area (Å²) in [5.41, 5.74) is 2.22. The zero-order valence-corrected chi connectivity index (χ0v) is 22.1. The van der Waals surface area contributed by atoms with E-state index >= 15 is 0 Å². The van der Waals surface area contributed by atoms with Crippen LogP contribution in [0.5, 0.6) is 0 Å². The van der Waals surface area contributed by atoms with Gasteiger partial charge in [-0.3, -0.25) is 13.9 Å². The van der Waals surface area contributed by atoms with Gasteiger partial charge in [0.2, 0.25) is 21.8 Å². The van der Waals surface area contributed by atoms with Crippen molar-refractivity contribution in [3.05, 3.63) is 64.7 Å². The van der Waals surface area contributed by atoms with Gasteiger partial charge >= 0.3 is 0 Å². The summed E-state index contributed by atoms with van der Waals surface area (Å²) >= 11 is 5.96. The number of carbonyl (C=O) groups is 2. The van der Waals surface area contributed by atoms with Gasteiger partial charge in [-0.05, 0) is 62.1 Å². The Morgan fingerprint density at radius 2 is 1.69 bits per heavy atom. The van der Waals surface area contributed by atoms with E-state index in [-0.39, 0.29) is 18.5 Å². The fourth-order valence-electron chi connectivity index (χ4n) is 4.34. The first-order chi connectivity index (χ1) is 16.6. The number of hydrogen-bond acceptors (Lipinski definition) is 4. The highest BCUT2D eigenvalue weighted by Crippen LogP contribution is 2.22. The van der Waals surface area contributed by atoms with Crippen LogP contribution in [0.4, 0.5) is 5.69 Å². The Bertz CT molecular complexity index is 1130. The second-order valence-corrected chi connectivity index (χ2v) is 11.6. The number of hydrogen-bond donors (Lipinski definition) is 1. The third-order valence-electron chi connectivity index (χ3n) is 6.51. The lowest BCUT2D eigenvalue weighted by Crippen LogP contribution is -2.53. The van der Waals surface area contributed by atoms with Crippen LogP contribution in [0.2, 0.25) is 5.02 Å². The van der Waals surface area contributed by atoms with E-state index in [1.54, 1.807) is 31.2 Å². The Morgan fingerprint density at radius 3 is 2.29 bits per heavy atom. The number of aryl methyl sites for hydroxylation is 1. The summed E-state index contributed by atoms with van der Waals surface area (Å²) in [4.78, 5) is 28.2. The molecule has 1 atom stereocenters. The lowest BCUT2D eigenvalue weighted by atomic mass is 9.95. The van der Waals surface area contributed by atoms with Crippen molar-refractivity contribution in [2.24, 2.45) is 0 Å². The van der Waals surface area contributed by atoms with Crippen molar-refractivity contribution in [1.82, 2.24) is 10.2 Å². The maximum atomic E-state index is 13.6. The molecule has 35 heavy (non-hydrogen) atoms. The second kappa shape index (κ2) is 11.9. The van der Waals surface area contributed by atoms with Gasteiger partial charge in [0.15, 0.2) is 0 Å². The van der Waals surface area contributed by atoms with Gasteiger partial charge < -0.3 is 10.2 Å². The Morgan fingerprint density at radius 1 is 1.06 bits per heavy atom. The molecule has 0 heterocycles. The van der Waals surface area contributed by atoms with Gasteiger partial charge in [0, 0.05) is 17.6 Å². The number of nitrogens with zero attached hydrogens (tertiary/aromatic N) is 2. The third kappa shape index (κ3) is 7.45. The van der Waals surface area contributed by atoms with Crippen LogP contribution in [0.15, 0.2) is 48.5 Å². The molecule has 0 bridgehead atoms. The minimum absolute atomic E-state index is 0.107. The number of halogens is 1. The first kappa shape index (κ1) is 27.0. The fraction of sp³-hybridized carbons (Fsp3) is 0.462. The van der Waals surface area contributed by atoms with Crippen LogP contribution < -0.4 is 9.62 Å². The predicted octanol–water partition coefficient (Wildman–Crippen LogP) is 4.28. The van der Waals surface area contributed by atoms with Crippen LogP contribution in [-0.2, 0) is 26.2 Å². The minimum Gasteiger partial charge on any atom is -0.352 e. The zero-order chi connectivity index (χ0) is 25.6. The van der Waals surface area contributed by atoms with E-state index in [4.69, 9.17) is 11.6 Å². The average molecular weight is 520 g/mol.